The van der Waals surface area contributed by atoms with Crippen LogP contribution in [0.15, 0.2) is 64.5 Å². The van der Waals surface area contributed by atoms with Crippen LogP contribution in [-0.2, 0) is 9.53 Å². The Hall–Kier alpha value is -2.83. The van der Waals surface area contributed by atoms with E-state index in [1.807, 2.05) is 36.4 Å². The lowest BCUT2D eigenvalue weighted by Crippen LogP contribution is -2.44. The maximum atomic E-state index is 13.2. The molecular formula is C27H31N3O2S. The minimum Gasteiger partial charge on any atom is -0.383 e. The molecule has 2 aliphatic rings. The number of aliphatic imine (C=N–C) groups is 1. The summed E-state index contributed by atoms with van der Waals surface area (Å²) in [5.74, 6) is -0.0342. The fraction of sp³-hybridized carbons (Fsp3) is 0.333. The van der Waals surface area contributed by atoms with Crippen molar-refractivity contribution in [3.05, 3.63) is 70.6 Å². The van der Waals surface area contributed by atoms with Crippen LogP contribution >= 0.6 is 11.8 Å². The van der Waals surface area contributed by atoms with Gasteiger partial charge < -0.3 is 9.64 Å². The number of hydrogen-bond donors (Lipinski definition) is 0. The lowest BCUT2D eigenvalue weighted by Gasteiger charge is -2.42. The Morgan fingerprint density at radius 1 is 1.15 bits per heavy atom. The Morgan fingerprint density at radius 2 is 1.91 bits per heavy atom. The van der Waals surface area contributed by atoms with Gasteiger partial charge in [0, 0.05) is 24.9 Å². The third kappa shape index (κ3) is 4.77. The highest BCUT2D eigenvalue weighted by molar-refractivity contribution is 8.18. The molecule has 1 saturated heterocycles. The van der Waals surface area contributed by atoms with Crippen LogP contribution in [0.2, 0.25) is 0 Å². The van der Waals surface area contributed by atoms with Crippen molar-refractivity contribution in [3.63, 3.8) is 0 Å². The van der Waals surface area contributed by atoms with E-state index in [9.17, 15) is 4.79 Å². The molecule has 0 radical (unpaired) electrons. The molecular weight excluding hydrogens is 430 g/mol. The lowest BCUT2D eigenvalue weighted by molar-refractivity contribution is -0.122. The van der Waals surface area contributed by atoms with E-state index in [0.717, 1.165) is 17.8 Å². The van der Waals surface area contributed by atoms with Crippen LogP contribution in [0.3, 0.4) is 0 Å². The number of likely N-dealkylation sites (N-methyl/N-ethyl adjacent to an activating group) is 1. The first kappa shape index (κ1) is 23.3. The van der Waals surface area contributed by atoms with Crippen molar-refractivity contribution in [3.8, 4) is 0 Å². The van der Waals surface area contributed by atoms with E-state index in [1.54, 1.807) is 12.0 Å². The van der Waals surface area contributed by atoms with Crippen molar-refractivity contribution in [2.75, 3.05) is 31.7 Å². The summed E-state index contributed by atoms with van der Waals surface area (Å²) in [7, 11) is 1.64. The van der Waals surface area contributed by atoms with Gasteiger partial charge >= 0.3 is 0 Å². The van der Waals surface area contributed by atoms with Gasteiger partial charge in [0.15, 0.2) is 5.17 Å². The zero-order valence-electron chi connectivity index (χ0n) is 20.0. The highest BCUT2D eigenvalue weighted by Crippen LogP contribution is 2.40. The molecule has 0 spiro atoms. The van der Waals surface area contributed by atoms with E-state index in [-0.39, 0.29) is 11.4 Å². The number of hydrogen-bond acceptors (Lipinski definition) is 5. The number of carbonyl (C=O) groups is 1. The number of amidine groups is 1. The fourth-order valence-corrected chi connectivity index (χ4v) is 5.53. The number of thioether (sulfide) groups is 1. The van der Waals surface area contributed by atoms with Crippen molar-refractivity contribution >= 4 is 45.9 Å². The number of allylic oxidation sites excluding steroid dienone is 1. The number of methoxy groups -OCH3 is 1. The van der Waals surface area contributed by atoms with Crippen molar-refractivity contribution in [2.24, 2.45) is 4.99 Å². The van der Waals surface area contributed by atoms with Crippen molar-refractivity contribution in [1.82, 2.24) is 4.90 Å². The Bertz CT molecular complexity index is 1140. The number of rotatable bonds is 6. The molecule has 172 valence electrons. The van der Waals surface area contributed by atoms with Gasteiger partial charge in [-0.1, -0.05) is 30.3 Å². The van der Waals surface area contributed by atoms with Crippen molar-refractivity contribution in [1.29, 1.82) is 0 Å². The van der Waals surface area contributed by atoms with E-state index >= 15 is 0 Å². The maximum absolute atomic E-state index is 13.2. The van der Waals surface area contributed by atoms with Crippen LogP contribution in [0, 0.1) is 0 Å². The van der Waals surface area contributed by atoms with Gasteiger partial charge in [-0.15, -0.1) is 0 Å². The minimum absolute atomic E-state index is 0.0201. The number of ether oxygens (including phenoxy) is 1. The van der Waals surface area contributed by atoms with Gasteiger partial charge in [-0.3, -0.25) is 9.69 Å². The monoisotopic (exact) mass is 461 g/mol. The maximum Gasteiger partial charge on any atom is 0.266 e. The number of para-hydroxylation sites is 1. The number of amides is 1. The molecule has 0 N–H and O–H groups in total. The Kier molecular flexibility index (Phi) is 6.77. The zero-order valence-corrected chi connectivity index (χ0v) is 20.8. The van der Waals surface area contributed by atoms with Crippen LogP contribution in [0.4, 0.5) is 11.4 Å². The summed E-state index contributed by atoms with van der Waals surface area (Å²) in [6.45, 7) is 10.7. The molecule has 0 saturated carbocycles. The SMILES string of the molecule is CCN1c2ccc(/C=C3/SC(=Nc4ccccc4)N(CCOC)C3=O)cc2C(C)=CC1(C)C. The second kappa shape index (κ2) is 9.57. The third-order valence-electron chi connectivity index (χ3n) is 6.00. The number of carbonyl (C=O) groups excluding carboxylic acids is 1. The average molecular weight is 462 g/mol. The fourth-order valence-electron chi connectivity index (χ4n) is 4.50. The molecule has 0 atom stereocenters. The summed E-state index contributed by atoms with van der Waals surface area (Å²) >= 11 is 1.42. The Balaban J connectivity index is 1.68. The highest BCUT2D eigenvalue weighted by atomic mass is 32.2. The topological polar surface area (TPSA) is 45.1 Å². The molecule has 2 aliphatic heterocycles. The zero-order chi connectivity index (χ0) is 23.6. The molecule has 2 aromatic rings. The first-order chi connectivity index (χ1) is 15.8. The predicted octanol–water partition coefficient (Wildman–Crippen LogP) is 5.96. The van der Waals surface area contributed by atoms with Crippen molar-refractivity contribution in [2.45, 2.75) is 33.2 Å². The molecule has 0 aromatic heterocycles. The molecule has 0 bridgehead atoms. The molecule has 1 amide bonds. The quantitative estimate of drug-likeness (QED) is 0.498. The van der Waals surface area contributed by atoms with Crippen LogP contribution in [0.25, 0.3) is 11.6 Å². The van der Waals surface area contributed by atoms with E-state index < -0.39 is 0 Å². The molecule has 6 heteroatoms. The van der Waals surface area contributed by atoms with E-state index in [2.05, 4.69) is 56.9 Å². The lowest BCUT2D eigenvalue weighted by atomic mass is 9.88. The molecule has 0 aliphatic carbocycles. The molecule has 2 aromatic carbocycles. The smallest absolute Gasteiger partial charge is 0.266 e. The second-order valence-corrected chi connectivity index (χ2v) is 9.80. The van der Waals surface area contributed by atoms with Gasteiger partial charge in [0.2, 0.25) is 0 Å². The largest absolute Gasteiger partial charge is 0.383 e. The van der Waals surface area contributed by atoms with Crippen LogP contribution in [-0.4, -0.2) is 48.3 Å². The molecule has 33 heavy (non-hydrogen) atoms. The standard InChI is InChI=1S/C27H31N3O2S/c1-6-30-23-13-12-20(16-22(23)19(2)18-27(30,3)4)17-24-25(31)29(14-15-32-5)26(33-24)28-21-10-8-7-9-11-21/h7-13,16-18H,6,14-15H2,1-5H3/b24-17+,28-26?. The number of nitrogens with zero attached hydrogens (tertiary/aromatic N) is 3. The summed E-state index contributed by atoms with van der Waals surface area (Å²) in [5.41, 5.74) is 5.54. The summed E-state index contributed by atoms with van der Waals surface area (Å²) in [6, 6.07) is 16.2. The first-order valence-corrected chi connectivity index (χ1v) is 12.1. The van der Waals surface area contributed by atoms with Gasteiger partial charge in [0.25, 0.3) is 5.91 Å². The number of fused-ring (bicyclic) bond motifs is 1. The summed E-state index contributed by atoms with van der Waals surface area (Å²) in [6.07, 6.45) is 4.30. The number of anilines is 1. The first-order valence-electron chi connectivity index (χ1n) is 11.3. The highest BCUT2D eigenvalue weighted by Gasteiger charge is 2.34. The van der Waals surface area contributed by atoms with Gasteiger partial charge in [-0.2, -0.15) is 0 Å². The molecule has 2 heterocycles. The molecule has 1 fully saturated rings. The van der Waals surface area contributed by atoms with Crippen LogP contribution in [0.5, 0.6) is 0 Å². The minimum atomic E-state index is -0.0342. The second-order valence-electron chi connectivity index (χ2n) is 8.79. The number of benzene rings is 2. The van der Waals surface area contributed by atoms with Crippen molar-refractivity contribution < 1.29 is 9.53 Å². The summed E-state index contributed by atoms with van der Waals surface area (Å²) < 4.78 is 5.23. The summed E-state index contributed by atoms with van der Waals surface area (Å²) in [4.78, 5) is 22.8. The summed E-state index contributed by atoms with van der Waals surface area (Å²) in [5, 5.41) is 0.683. The molecule has 0 unspecified atom stereocenters. The average Bonchev–Trinajstić information content (AvgIpc) is 3.07. The van der Waals surface area contributed by atoms with E-state index in [1.165, 1.54) is 28.6 Å². The molecule has 4 rings (SSSR count). The normalized spacial score (nSPS) is 19.9. The Morgan fingerprint density at radius 3 is 2.61 bits per heavy atom. The Labute approximate surface area is 200 Å². The van der Waals surface area contributed by atoms with Crippen LogP contribution < -0.4 is 4.90 Å². The van der Waals surface area contributed by atoms with Crippen LogP contribution in [0.1, 0.15) is 38.8 Å². The third-order valence-corrected chi connectivity index (χ3v) is 7.01. The molecule has 5 nitrogen and oxygen atoms in total. The van der Waals surface area contributed by atoms with Gasteiger partial charge in [0.1, 0.15) is 0 Å². The van der Waals surface area contributed by atoms with Gasteiger partial charge in [-0.25, -0.2) is 4.99 Å². The van der Waals surface area contributed by atoms with E-state index in [4.69, 9.17) is 9.73 Å². The van der Waals surface area contributed by atoms with Gasteiger partial charge in [-0.05, 0) is 80.9 Å². The van der Waals surface area contributed by atoms with E-state index in [0.29, 0.717) is 23.2 Å². The van der Waals surface area contributed by atoms with Gasteiger partial charge in [0.05, 0.1) is 29.3 Å². The predicted molar refractivity (Wildman–Crippen MR) is 140 cm³/mol.